The summed E-state index contributed by atoms with van der Waals surface area (Å²) in [5.74, 6) is -1.34. The van der Waals surface area contributed by atoms with Crippen LogP contribution in [0.3, 0.4) is 0 Å². The lowest BCUT2D eigenvalue weighted by Crippen LogP contribution is -2.54. The Kier molecular flexibility index (Phi) is 10.2. The van der Waals surface area contributed by atoms with E-state index in [0.29, 0.717) is 12.1 Å². The number of ether oxygens (including phenoxy) is 2. The van der Waals surface area contributed by atoms with Crippen molar-refractivity contribution < 1.29 is 23.0 Å². The van der Waals surface area contributed by atoms with Gasteiger partial charge in [-0.15, -0.1) is 0 Å². The molecule has 1 aliphatic rings. The van der Waals surface area contributed by atoms with Gasteiger partial charge in [-0.3, -0.25) is 0 Å². The van der Waals surface area contributed by atoms with E-state index in [-0.39, 0.29) is 17.4 Å². The van der Waals surface area contributed by atoms with Crippen molar-refractivity contribution in [1.29, 1.82) is 0 Å². The van der Waals surface area contributed by atoms with Gasteiger partial charge in [-0.2, -0.15) is 0 Å². The molecule has 2 unspecified atom stereocenters. The van der Waals surface area contributed by atoms with Crippen molar-refractivity contribution in [3.8, 4) is 0 Å². The van der Waals surface area contributed by atoms with Gasteiger partial charge in [0, 0.05) is 25.3 Å². The van der Waals surface area contributed by atoms with Gasteiger partial charge in [0.25, 0.3) is 0 Å². The second-order valence-electron chi connectivity index (χ2n) is 13.1. The Morgan fingerprint density at radius 1 is 1.07 bits per heavy atom. The summed E-state index contributed by atoms with van der Waals surface area (Å²) in [6.07, 6.45) is 2.74. The van der Waals surface area contributed by atoms with E-state index in [1.807, 2.05) is 0 Å². The molecule has 1 saturated carbocycles. The molecule has 0 aromatic heterocycles. The fourth-order valence-corrected chi connectivity index (χ4v) is 5.43. The van der Waals surface area contributed by atoms with Gasteiger partial charge in [-0.25, -0.2) is 13.6 Å². The van der Waals surface area contributed by atoms with Crippen molar-refractivity contribution in [3.63, 3.8) is 0 Å². The van der Waals surface area contributed by atoms with E-state index in [1.54, 1.807) is 27.9 Å². The molecule has 0 aliphatic heterocycles. The van der Waals surface area contributed by atoms with Crippen LogP contribution < -0.4 is 10.6 Å². The Bertz CT molecular complexity index is 1160. The summed E-state index contributed by atoms with van der Waals surface area (Å²) in [5, 5.41) is 6.70. The summed E-state index contributed by atoms with van der Waals surface area (Å²) in [6.45, 7) is 16.7. The fraction of sp³-hybridized carbons (Fsp3) is 0.545. The number of carbonyl (C=O) groups excluding carboxylic acids is 1. The molecule has 1 aliphatic carbocycles. The molecule has 0 heterocycles. The van der Waals surface area contributed by atoms with Gasteiger partial charge in [0.05, 0.1) is 12.1 Å². The van der Waals surface area contributed by atoms with E-state index in [0.717, 1.165) is 31.7 Å². The maximum Gasteiger partial charge on any atom is 0.407 e. The number of hydrogen-bond donors (Lipinski definition) is 2. The lowest BCUT2D eigenvalue weighted by molar-refractivity contribution is 0.0304. The van der Waals surface area contributed by atoms with Crippen molar-refractivity contribution in [2.24, 2.45) is 0 Å². The first-order valence-electron chi connectivity index (χ1n) is 14.1. The zero-order valence-corrected chi connectivity index (χ0v) is 25.1. The molecule has 2 aromatic carbocycles. The summed E-state index contributed by atoms with van der Waals surface area (Å²) in [5.41, 5.74) is 3.00. The third kappa shape index (κ3) is 8.87. The molecule has 2 N–H and O–H groups in total. The Labute approximate surface area is 238 Å². The maximum absolute atomic E-state index is 14.0. The minimum atomic E-state index is -0.703. The highest BCUT2D eigenvalue weighted by Gasteiger charge is 2.37. The molecular formula is C33H46F2N2O3. The molecule has 0 radical (unpaired) electrons. The molecule has 1 amide bonds. The largest absolute Gasteiger partial charge is 0.444 e. The Hall–Kier alpha value is -2.77. The van der Waals surface area contributed by atoms with Gasteiger partial charge in [-0.1, -0.05) is 57.2 Å². The van der Waals surface area contributed by atoms with Crippen molar-refractivity contribution >= 4 is 6.09 Å². The summed E-state index contributed by atoms with van der Waals surface area (Å²) < 4.78 is 39.5. The SMILES string of the molecule is C=C1CCCC(NC[C@@H](OC)C(Cc2cc(F)cc(F)c2)NC(=O)OC(C)(C)C)(c2cccc(C(C)(C)C)c2)C1. The number of benzene rings is 2. The maximum atomic E-state index is 14.0. The fourth-order valence-electron chi connectivity index (χ4n) is 5.43. The quantitative estimate of drug-likeness (QED) is 0.318. The van der Waals surface area contributed by atoms with Crippen LogP contribution in [0.25, 0.3) is 0 Å². The zero-order valence-electron chi connectivity index (χ0n) is 25.1. The molecule has 2 aromatic rings. The molecule has 0 saturated heterocycles. The standard InChI is InChI=1S/C33H46F2N2O3/c1-22-11-10-14-33(20-22,25-13-9-12-24(18-25)31(2,3)4)36-21-29(39-8)28(37-30(38)40-32(5,6)7)17-23-15-26(34)19-27(35)16-23/h9,12-13,15-16,18-19,28-29,36H,1,10-11,14,17,20-21H2,2-8H3,(H,37,38)/t28?,29-,33?/m1/s1. The summed E-state index contributed by atoms with van der Waals surface area (Å²) in [6, 6.07) is 11.5. The molecule has 0 spiro atoms. The van der Waals surface area contributed by atoms with Crippen LogP contribution in [0.1, 0.15) is 83.9 Å². The second-order valence-corrected chi connectivity index (χ2v) is 13.1. The Morgan fingerprint density at radius 3 is 2.33 bits per heavy atom. The van der Waals surface area contributed by atoms with Gasteiger partial charge in [0.15, 0.2) is 0 Å². The average Bonchev–Trinajstić information content (AvgIpc) is 2.82. The van der Waals surface area contributed by atoms with Gasteiger partial charge in [-0.05, 0) is 87.1 Å². The smallest absolute Gasteiger partial charge is 0.407 e. The van der Waals surface area contributed by atoms with Crippen LogP contribution in [0, 0.1) is 11.6 Å². The lowest BCUT2D eigenvalue weighted by atomic mass is 9.73. The van der Waals surface area contributed by atoms with Crippen molar-refractivity contribution in [2.45, 2.75) is 102 Å². The first kappa shape index (κ1) is 31.8. The third-order valence-corrected chi connectivity index (χ3v) is 7.44. The van der Waals surface area contributed by atoms with Crippen molar-refractivity contribution in [1.82, 2.24) is 10.6 Å². The van der Waals surface area contributed by atoms with E-state index in [1.165, 1.54) is 28.8 Å². The number of nitrogens with one attached hydrogen (secondary N) is 2. The molecule has 5 nitrogen and oxygen atoms in total. The predicted molar refractivity (Wildman–Crippen MR) is 156 cm³/mol. The Morgan fingerprint density at radius 2 is 1.75 bits per heavy atom. The Balaban J connectivity index is 1.92. The van der Waals surface area contributed by atoms with Crippen LogP contribution in [0.4, 0.5) is 13.6 Å². The molecule has 3 rings (SSSR count). The monoisotopic (exact) mass is 556 g/mol. The van der Waals surface area contributed by atoms with E-state index in [4.69, 9.17) is 9.47 Å². The number of hydrogen-bond acceptors (Lipinski definition) is 4. The highest BCUT2D eigenvalue weighted by atomic mass is 19.1. The molecule has 1 fully saturated rings. The average molecular weight is 557 g/mol. The first-order valence-corrected chi connectivity index (χ1v) is 14.1. The minimum Gasteiger partial charge on any atom is -0.444 e. The molecule has 7 heteroatoms. The van der Waals surface area contributed by atoms with E-state index >= 15 is 0 Å². The number of methoxy groups -OCH3 is 1. The van der Waals surface area contributed by atoms with Gasteiger partial charge in [0.2, 0.25) is 0 Å². The van der Waals surface area contributed by atoms with Crippen LogP contribution in [0.2, 0.25) is 0 Å². The number of halogens is 2. The predicted octanol–water partition coefficient (Wildman–Crippen LogP) is 7.33. The van der Waals surface area contributed by atoms with Crippen LogP contribution >= 0.6 is 0 Å². The van der Waals surface area contributed by atoms with Crippen molar-refractivity contribution in [2.75, 3.05) is 13.7 Å². The number of carbonyl (C=O) groups is 1. The van der Waals surface area contributed by atoms with Crippen LogP contribution in [0.15, 0.2) is 54.6 Å². The third-order valence-electron chi connectivity index (χ3n) is 7.44. The highest BCUT2D eigenvalue weighted by Crippen LogP contribution is 2.40. The van der Waals surface area contributed by atoms with E-state index in [9.17, 15) is 13.6 Å². The van der Waals surface area contributed by atoms with Gasteiger partial charge in [0.1, 0.15) is 17.2 Å². The number of alkyl carbamates (subject to hydrolysis) is 1. The lowest BCUT2D eigenvalue weighted by Gasteiger charge is -2.42. The molecular weight excluding hydrogens is 510 g/mol. The number of amides is 1. The minimum absolute atomic E-state index is 0.000599. The van der Waals surface area contributed by atoms with E-state index < -0.39 is 35.5 Å². The first-order chi connectivity index (χ1) is 18.6. The number of rotatable bonds is 9. The van der Waals surface area contributed by atoms with E-state index in [2.05, 4.69) is 62.2 Å². The summed E-state index contributed by atoms with van der Waals surface area (Å²) >= 11 is 0. The van der Waals surface area contributed by atoms with Gasteiger partial charge >= 0.3 is 6.09 Å². The topological polar surface area (TPSA) is 59.6 Å². The van der Waals surface area contributed by atoms with Crippen LogP contribution in [-0.2, 0) is 26.8 Å². The van der Waals surface area contributed by atoms with Crippen LogP contribution in [0.5, 0.6) is 0 Å². The molecule has 3 atom stereocenters. The van der Waals surface area contributed by atoms with Crippen LogP contribution in [-0.4, -0.2) is 37.5 Å². The molecule has 40 heavy (non-hydrogen) atoms. The molecule has 220 valence electrons. The normalized spacial score (nSPS) is 19.7. The highest BCUT2D eigenvalue weighted by molar-refractivity contribution is 5.68. The van der Waals surface area contributed by atoms with Gasteiger partial charge < -0.3 is 20.1 Å². The molecule has 0 bridgehead atoms. The summed E-state index contributed by atoms with van der Waals surface area (Å²) in [7, 11) is 1.58. The van der Waals surface area contributed by atoms with Crippen molar-refractivity contribution in [3.05, 3.63) is 82.9 Å². The zero-order chi connectivity index (χ0) is 29.7. The summed E-state index contributed by atoms with van der Waals surface area (Å²) in [4.78, 5) is 12.8. The second kappa shape index (κ2) is 12.8.